The molecule has 3 rings (SSSR count). The standard InChI is InChI=1S/C16H18BrN3/c1-3-18-15-9-14(11-5-6-11)19-16(20-15)12-7-4-10(2)8-13(12)17/h4,7-9,11H,3,5-6H2,1-2H3,(H,18,19,20). The van der Waals surface area contributed by atoms with E-state index in [0.29, 0.717) is 5.92 Å². The minimum atomic E-state index is 0.623. The van der Waals surface area contributed by atoms with Gasteiger partial charge in [0.05, 0.1) is 0 Å². The van der Waals surface area contributed by atoms with Crippen LogP contribution in [0.4, 0.5) is 5.82 Å². The Morgan fingerprint density at radius 1 is 1.25 bits per heavy atom. The summed E-state index contributed by atoms with van der Waals surface area (Å²) < 4.78 is 1.05. The third-order valence-corrected chi connectivity index (χ3v) is 4.12. The van der Waals surface area contributed by atoms with Gasteiger partial charge >= 0.3 is 0 Å². The summed E-state index contributed by atoms with van der Waals surface area (Å²) in [6.45, 7) is 5.04. The molecule has 104 valence electrons. The van der Waals surface area contributed by atoms with Gasteiger partial charge in [-0.2, -0.15) is 0 Å². The molecule has 4 heteroatoms. The number of rotatable bonds is 4. The van der Waals surface area contributed by atoms with Gasteiger partial charge in [-0.1, -0.05) is 22.0 Å². The van der Waals surface area contributed by atoms with Crippen LogP contribution in [0.3, 0.4) is 0 Å². The number of nitrogens with one attached hydrogen (secondary N) is 1. The van der Waals surface area contributed by atoms with E-state index in [0.717, 1.165) is 28.2 Å². The van der Waals surface area contributed by atoms with Crippen LogP contribution in [-0.2, 0) is 0 Å². The number of nitrogens with zero attached hydrogens (tertiary/aromatic N) is 2. The van der Waals surface area contributed by atoms with Gasteiger partial charge in [0.2, 0.25) is 0 Å². The van der Waals surface area contributed by atoms with E-state index >= 15 is 0 Å². The van der Waals surface area contributed by atoms with Crippen LogP contribution in [-0.4, -0.2) is 16.5 Å². The molecule has 1 saturated carbocycles. The van der Waals surface area contributed by atoms with E-state index in [2.05, 4.69) is 64.3 Å². The first-order valence-electron chi connectivity index (χ1n) is 7.06. The zero-order valence-corrected chi connectivity index (χ0v) is 13.4. The number of aryl methyl sites for hydroxylation is 1. The maximum atomic E-state index is 4.76. The van der Waals surface area contributed by atoms with Gasteiger partial charge in [0.15, 0.2) is 5.82 Å². The first-order chi connectivity index (χ1) is 9.67. The topological polar surface area (TPSA) is 37.8 Å². The highest BCUT2D eigenvalue weighted by molar-refractivity contribution is 9.10. The third-order valence-electron chi connectivity index (χ3n) is 3.46. The van der Waals surface area contributed by atoms with Crippen molar-refractivity contribution in [2.24, 2.45) is 0 Å². The molecule has 0 atom stereocenters. The van der Waals surface area contributed by atoms with Gasteiger partial charge < -0.3 is 5.32 Å². The maximum Gasteiger partial charge on any atom is 0.162 e. The zero-order chi connectivity index (χ0) is 14.1. The molecule has 1 heterocycles. The van der Waals surface area contributed by atoms with E-state index in [1.165, 1.54) is 24.1 Å². The second-order valence-electron chi connectivity index (χ2n) is 5.29. The van der Waals surface area contributed by atoms with Crippen molar-refractivity contribution in [3.05, 3.63) is 40.0 Å². The lowest BCUT2D eigenvalue weighted by atomic mass is 10.1. The van der Waals surface area contributed by atoms with Gasteiger partial charge in [-0.25, -0.2) is 9.97 Å². The molecule has 0 radical (unpaired) electrons. The van der Waals surface area contributed by atoms with Gasteiger partial charge in [-0.15, -0.1) is 0 Å². The van der Waals surface area contributed by atoms with Crippen LogP contribution in [0.1, 0.15) is 36.9 Å². The Balaban J connectivity index is 2.06. The lowest BCUT2D eigenvalue weighted by molar-refractivity contribution is 0.987. The molecule has 0 amide bonds. The fourth-order valence-electron chi connectivity index (χ4n) is 2.25. The molecular weight excluding hydrogens is 314 g/mol. The zero-order valence-electron chi connectivity index (χ0n) is 11.8. The molecule has 1 aromatic carbocycles. The Labute approximate surface area is 128 Å². The van der Waals surface area contributed by atoms with E-state index in [9.17, 15) is 0 Å². The second kappa shape index (κ2) is 5.52. The number of aromatic nitrogens is 2. The summed E-state index contributed by atoms with van der Waals surface area (Å²) >= 11 is 3.62. The molecule has 0 unspecified atom stereocenters. The van der Waals surface area contributed by atoms with Crippen LogP contribution in [0.5, 0.6) is 0 Å². The minimum Gasteiger partial charge on any atom is -0.370 e. The van der Waals surface area contributed by atoms with Crippen molar-refractivity contribution in [1.82, 2.24) is 9.97 Å². The number of benzene rings is 1. The quantitative estimate of drug-likeness (QED) is 0.894. The van der Waals surface area contributed by atoms with E-state index in [-0.39, 0.29) is 0 Å². The van der Waals surface area contributed by atoms with Crippen LogP contribution >= 0.6 is 15.9 Å². The largest absolute Gasteiger partial charge is 0.370 e. The van der Waals surface area contributed by atoms with Gasteiger partial charge in [0.1, 0.15) is 5.82 Å². The highest BCUT2D eigenvalue weighted by atomic mass is 79.9. The Morgan fingerprint density at radius 3 is 2.70 bits per heavy atom. The summed E-state index contributed by atoms with van der Waals surface area (Å²) in [6, 6.07) is 8.38. The molecule has 1 fully saturated rings. The summed E-state index contributed by atoms with van der Waals surface area (Å²) in [5.41, 5.74) is 3.45. The molecule has 3 nitrogen and oxygen atoms in total. The summed E-state index contributed by atoms with van der Waals surface area (Å²) in [4.78, 5) is 9.40. The monoisotopic (exact) mass is 331 g/mol. The van der Waals surface area contributed by atoms with Gasteiger partial charge in [0, 0.05) is 34.3 Å². The molecule has 0 aliphatic heterocycles. The summed E-state index contributed by atoms with van der Waals surface area (Å²) in [7, 11) is 0. The van der Waals surface area contributed by atoms with Gasteiger partial charge in [-0.05, 0) is 44.4 Å². The maximum absolute atomic E-state index is 4.76. The Bertz CT molecular complexity index is 636. The van der Waals surface area contributed by atoms with E-state index < -0.39 is 0 Å². The molecule has 0 bridgehead atoms. The highest BCUT2D eigenvalue weighted by Crippen LogP contribution is 2.40. The number of anilines is 1. The van der Waals surface area contributed by atoms with Crippen molar-refractivity contribution >= 4 is 21.7 Å². The SMILES string of the molecule is CCNc1cc(C2CC2)nc(-c2ccc(C)cc2Br)n1. The molecule has 1 N–H and O–H groups in total. The molecule has 20 heavy (non-hydrogen) atoms. The van der Waals surface area contributed by atoms with Crippen LogP contribution < -0.4 is 5.32 Å². The Hall–Kier alpha value is -1.42. The van der Waals surface area contributed by atoms with E-state index in [4.69, 9.17) is 4.98 Å². The van der Waals surface area contributed by atoms with Crippen molar-refractivity contribution in [1.29, 1.82) is 0 Å². The van der Waals surface area contributed by atoms with Crippen LogP contribution in [0, 0.1) is 6.92 Å². The molecule has 1 aromatic heterocycles. The molecule has 1 aliphatic rings. The van der Waals surface area contributed by atoms with E-state index in [1.54, 1.807) is 0 Å². The minimum absolute atomic E-state index is 0.623. The average Bonchev–Trinajstić information content (AvgIpc) is 3.23. The van der Waals surface area contributed by atoms with Crippen LogP contribution in [0.2, 0.25) is 0 Å². The second-order valence-corrected chi connectivity index (χ2v) is 6.14. The van der Waals surface area contributed by atoms with Gasteiger partial charge in [0.25, 0.3) is 0 Å². The van der Waals surface area contributed by atoms with E-state index in [1.807, 2.05) is 0 Å². The summed E-state index contributed by atoms with van der Waals surface area (Å²) in [6.07, 6.45) is 2.49. The lowest BCUT2D eigenvalue weighted by Crippen LogP contribution is -2.04. The fourth-order valence-corrected chi connectivity index (χ4v) is 2.92. The normalized spacial score (nSPS) is 14.3. The van der Waals surface area contributed by atoms with Crippen molar-refractivity contribution in [2.75, 3.05) is 11.9 Å². The molecule has 1 aliphatic carbocycles. The molecular formula is C16H18BrN3. The Morgan fingerprint density at radius 2 is 2.05 bits per heavy atom. The summed E-state index contributed by atoms with van der Waals surface area (Å²) in [5.74, 6) is 2.35. The Kier molecular flexibility index (Phi) is 3.74. The predicted molar refractivity (Wildman–Crippen MR) is 86.0 cm³/mol. The number of hydrogen-bond acceptors (Lipinski definition) is 3. The molecule has 2 aromatic rings. The first kappa shape index (κ1) is 13.6. The third kappa shape index (κ3) is 2.85. The number of hydrogen-bond donors (Lipinski definition) is 1. The smallest absolute Gasteiger partial charge is 0.162 e. The van der Waals surface area contributed by atoms with Crippen molar-refractivity contribution in [3.63, 3.8) is 0 Å². The summed E-state index contributed by atoms with van der Waals surface area (Å²) in [5, 5.41) is 3.31. The highest BCUT2D eigenvalue weighted by Gasteiger charge is 2.26. The van der Waals surface area contributed by atoms with Gasteiger partial charge in [-0.3, -0.25) is 0 Å². The number of halogens is 1. The predicted octanol–water partition coefficient (Wildman–Crippen LogP) is 4.52. The van der Waals surface area contributed by atoms with Crippen molar-refractivity contribution in [3.8, 4) is 11.4 Å². The average molecular weight is 332 g/mol. The fraction of sp³-hybridized carbons (Fsp3) is 0.375. The first-order valence-corrected chi connectivity index (χ1v) is 7.86. The van der Waals surface area contributed by atoms with Crippen LogP contribution in [0.15, 0.2) is 28.7 Å². The molecule has 0 saturated heterocycles. The molecule has 0 spiro atoms. The van der Waals surface area contributed by atoms with Crippen LogP contribution in [0.25, 0.3) is 11.4 Å². The lowest BCUT2D eigenvalue weighted by Gasteiger charge is -2.10. The van der Waals surface area contributed by atoms with Crippen molar-refractivity contribution in [2.45, 2.75) is 32.6 Å². The van der Waals surface area contributed by atoms with Crippen molar-refractivity contribution < 1.29 is 0 Å².